The number of rotatable bonds is 9. The van der Waals surface area contributed by atoms with Crippen LogP contribution in [0.3, 0.4) is 0 Å². The van der Waals surface area contributed by atoms with Crippen molar-refractivity contribution in [2.75, 3.05) is 19.1 Å². The summed E-state index contributed by atoms with van der Waals surface area (Å²) in [7, 11) is 1.67. The van der Waals surface area contributed by atoms with Crippen molar-refractivity contribution in [2.45, 2.75) is 26.3 Å². The Bertz CT molecular complexity index is 558. The van der Waals surface area contributed by atoms with Crippen LogP contribution in [0.1, 0.15) is 25.3 Å². The number of hydrazine groups is 1. The van der Waals surface area contributed by atoms with Crippen molar-refractivity contribution in [1.29, 1.82) is 0 Å². The Morgan fingerprint density at radius 2 is 1.82 bits per heavy atom. The third-order valence-corrected chi connectivity index (χ3v) is 3.28. The topological polar surface area (TPSA) is 42.5 Å². The third-order valence-electron chi connectivity index (χ3n) is 3.28. The second kappa shape index (κ2) is 8.95. The van der Waals surface area contributed by atoms with Crippen LogP contribution in [0.15, 0.2) is 48.5 Å². The maximum absolute atomic E-state index is 5.74. The molecule has 0 aliphatic rings. The average molecular weight is 300 g/mol. The number of methoxy groups -OCH3 is 1. The molecule has 0 amide bonds. The molecule has 22 heavy (non-hydrogen) atoms. The van der Waals surface area contributed by atoms with Gasteiger partial charge in [-0.3, -0.25) is 0 Å². The van der Waals surface area contributed by atoms with E-state index in [1.54, 1.807) is 7.11 Å². The lowest BCUT2D eigenvalue weighted by Gasteiger charge is -2.13. The quantitative estimate of drug-likeness (QED) is 0.543. The van der Waals surface area contributed by atoms with Crippen LogP contribution in [-0.2, 0) is 6.54 Å². The maximum atomic E-state index is 5.74. The van der Waals surface area contributed by atoms with E-state index in [4.69, 9.17) is 9.47 Å². The van der Waals surface area contributed by atoms with Crippen molar-refractivity contribution in [2.24, 2.45) is 0 Å². The summed E-state index contributed by atoms with van der Waals surface area (Å²) < 4.78 is 11.1. The highest BCUT2D eigenvalue weighted by atomic mass is 16.5. The second-order valence-corrected chi connectivity index (χ2v) is 5.03. The van der Waals surface area contributed by atoms with Gasteiger partial charge in [0.15, 0.2) is 11.5 Å². The molecule has 118 valence electrons. The van der Waals surface area contributed by atoms with Crippen LogP contribution in [0.5, 0.6) is 11.5 Å². The molecule has 0 heterocycles. The Hall–Kier alpha value is -2.20. The zero-order valence-corrected chi connectivity index (χ0v) is 13.3. The standard InChI is InChI=1S/C18H24N2O2/c1-3-4-12-22-17-11-10-15(13-18(17)21-2)14-19-20-16-8-6-5-7-9-16/h5-11,13,19-20H,3-4,12,14H2,1-2H3. The van der Waals surface area contributed by atoms with Gasteiger partial charge in [0, 0.05) is 12.2 Å². The predicted octanol–water partition coefficient (Wildman–Crippen LogP) is 3.99. The predicted molar refractivity (Wildman–Crippen MR) is 90.3 cm³/mol. The van der Waals surface area contributed by atoms with E-state index in [0.29, 0.717) is 6.54 Å². The SMILES string of the molecule is CCCCOc1ccc(CNNc2ccccc2)cc1OC. The molecule has 0 aliphatic carbocycles. The van der Waals surface area contributed by atoms with E-state index in [0.717, 1.165) is 42.2 Å². The molecule has 0 unspecified atom stereocenters. The number of ether oxygens (including phenoxy) is 2. The van der Waals surface area contributed by atoms with Gasteiger partial charge in [0.05, 0.1) is 13.7 Å². The first-order chi connectivity index (χ1) is 10.8. The summed E-state index contributed by atoms with van der Waals surface area (Å²) in [5.74, 6) is 1.57. The molecular weight excluding hydrogens is 276 g/mol. The largest absolute Gasteiger partial charge is 0.493 e. The molecule has 0 radical (unpaired) electrons. The molecule has 0 atom stereocenters. The summed E-state index contributed by atoms with van der Waals surface area (Å²) in [6, 6.07) is 16.0. The summed E-state index contributed by atoms with van der Waals surface area (Å²) in [6.07, 6.45) is 2.17. The molecule has 0 aromatic heterocycles. The van der Waals surface area contributed by atoms with Crippen LogP contribution in [0.25, 0.3) is 0 Å². The minimum atomic E-state index is 0.695. The summed E-state index contributed by atoms with van der Waals surface area (Å²) in [6.45, 7) is 3.57. The molecule has 2 aromatic carbocycles. The van der Waals surface area contributed by atoms with E-state index in [-0.39, 0.29) is 0 Å². The van der Waals surface area contributed by atoms with Crippen molar-refractivity contribution < 1.29 is 9.47 Å². The average Bonchev–Trinajstić information content (AvgIpc) is 2.57. The lowest BCUT2D eigenvalue weighted by molar-refractivity contribution is 0.288. The molecule has 2 aromatic rings. The number of benzene rings is 2. The van der Waals surface area contributed by atoms with Crippen LogP contribution in [0.4, 0.5) is 5.69 Å². The smallest absolute Gasteiger partial charge is 0.161 e. The normalized spacial score (nSPS) is 10.3. The Kier molecular flexibility index (Phi) is 6.58. The number of hydrogen-bond acceptors (Lipinski definition) is 4. The minimum absolute atomic E-state index is 0.695. The molecule has 0 spiro atoms. The monoisotopic (exact) mass is 300 g/mol. The van der Waals surface area contributed by atoms with E-state index in [1.807, 2.05) is 48.5 Å². The Morgan fingerprint density at radius 3 is 2.55 bits per heavy atom. The summed E-state index contributed by atoms with van der Waals surface area (Å²) in [4.78, 5) is 0. The number of anilines is 1. The van der Waals surface area contributed by atoms with Crippen molar-refractivity contribution >= 4 is 5.69 Å². The van der Waals surface area contributed by atoms with Gasteiger partial charge in [-0.1, -0.05) is 37.6 Å². The Balaban J connectivity index is 1.88. The van der Waals surface area contributed by atoms with Gasteiger partial charge in [0.25, 0.3) is 0 Å². The Morgan fingerprint density at radius 1 is 1.00 bits per heavy atom. The number of unbranched alkanes of at least 4 members (excludes halogenated alkanes) is 1. The molecule has 0 bridgehead atoms. The summed E-state index contributed by atoms with van der Waals surface area (Å²) in [5.41, 5.74) is 8.52. The van der Waals surface area contributed by atoms with Gasteiger partial charge < -0.3 is 14.9 Å². The molecular formula is C18H24N2O2. The summed E-state index contributed by atoms with van der Waals surface area (Å²) in [5, 5.41) is 0. The highest BCUT2D eigenvalue weighted by molar-refractivity contribution is 5.44. The third kappa shape index (κ3) is 4.97. The van der Waals surface area contributed by atoms with Gasteiger partial charge in [0.1, 0.15) is 0 Å². The zero-order valence-electron chi connectivity index (χ0n) is 13.3. The first kappa shape index (κ1) is 16.2. The number of nitrogens with one attached hydrogen (secondary N) is 2. The first-order valence-corrected chi connectivity index (χ1v) is 7.67. The molecule has 0 saturated heterocycles. The van der Waals surface area contributed by atoms with Gasteiger partial charge >= 0.3 is 0 Å². The minimum Gasteiger partial charge on any atom is -0.493 e. The van der Waals surface area contributed by atoms with Gasteiger partial charge in [-0.25, -0.2) is 5.43 Å². The maximum Gasteiger partial charge on any atom is 0.161 e. The second-order valence-electron chi connectivity index (χ2n) is 5.03. The van der Waals surface area contributed by atoms with E-state index in [1.165, 1.54) is 0 Å². The van der Waals surface area contributed by atoms with E-state index < -0.39 is 0 Å². The van der Waals surface area contributed by atoms with Gasteiger partial charge in [0.2, 0.25) is 0 Å². The van der Waals surface area contributed by atoms with Gasteiger partial charge in [-0.15, -0.1) is 0 Å². The summed E-state index contributed by atoms with van der Waals surface area (Å²) >= 11 is 0. The molecule has 4 heteroatoms. The van der Waals surface area contributed by atoms with Crippen LogP contribution in [0, 0.1) is 0 Å². The molecule has 0 aliphatic heterocycles. The van der Waals surface area contributed by atoms with E-state index >= 15 is 0 Å². The van der Waals surface area contributed by atoms with Crippen molar-refractivity contribution in [3.8, 4) is 11.5 Å². The van der Waals surface area contributed by atoms with Crippen molar-refractivity contribution in [1.82, 2.24) is 5.43 Å². The van der Waals surface area contributed by atoms with Crippen molar-refractivity contribution in [3.63, 3.8) is 0 Å². The van der Waals surface area contributed by atoms with E-state index in [9.17, 15) is 0 Å². The van der Waals surface area contributed by atoms with Crippen LogP contribution in [0.2, 0.25) is 0 Å². The lowest BCUT2D eigenvalue weighted by atomic mass is 10.2. The number of para-hydroxylation sites is 1. The highest BCUT2D eigenvalue weighted by Crippen LogP contribution is 2.28. The van der Waals surface area contributed by atoms with Crippen molar-refractivity contribution in [3.05, 3.63) is 54.1 Å². The Labute approximate surface area is 132 Å². The van der Waals surface area contributed by atoms with Crippen LogP contribution < -0.4 is 20.3 Å². The first-order valence-electron chi connectivity index (χ1n) is 7.67. The molecule has 4 nitrogen and oxygen atoms in total. The fourth-order valence-corrected chi connectivity index (χ4v) is 2.04. The van der Waals surface area contributed by atoms with Crippen LogP contribution >= 0.6 is 0 Å². The van der Waals surface area contributed by atoms with E-state index in [2.05, 4.69) is 17.8 Å². The lowest BCUT2D eigenvalue weighted by Crippen LogP contribution is -2.20. The molecule has 0 saturated carbocycles. The van der Waals surface area contributed by atoms with Gasteiger partial charge in [-0.05, 0) is 36.2 Å². The highest BCUT2D eigenvalue weighted by Gasteiger charge is 2.05. The fraction of sp³-hybridized carbons (Fsp3) is 0.333. The molecule has 2 rings (SSSR count). The van der Waals surface area contributed by atoms with Crippen LogP contribution in [-0.4, -0.2) is 13.7 Å². The number of hydrogen-bond donors (Lipinski definition) is 2. The molecule has 2 N–H and O–H groups in total. The van der Waals surface area contributed by atoms with Gasteiger partial charge in [-0.2, -0.15) is 0 Å². The zero-order chi connectivity index (χ0) is 15.6. The molecule has 0 fully saturated rings. The fourth-order valence-electron chi connectivity index (χ4n) is 2.04.